The molecule has 1 atom stereocenters. The monoisotopic (exact) mass is 425 g/mol. The van der Waals surface area contributed by atoms with E-state index in [1.807, 2.05) is 4.90 Å². The van der Waals surface area contributed by atoms with Crippen molar-refractivity contribution in [3.63, 3.8) is 0 Å². The summed E-state index contributed by atoms with van der Waals surface area (Å²) in [5.74, 6) is 0.214. The van der Waals surface area contributed by atoms with Crippen molar-refractivity contribution in [1.82, 2.24) is 19.5 Å². The first-order chi connectivity index (χ1) is 13.7. The highest BCUT2D eigenvalue weighted by molar-refractivity contribution is 6.31. The molecule has 0 radical (unpaired) electrons. The predicted molar refractivity (Wildman–Crippen MR) is 105 cm³/mol. The molecule has 0 aliphatic carbocycles. The van der Waals surface area contributed by atoms with Crippen LogP contribution in [0.5, 0.6) is 0 Å². The van der Waals surface area contributed by atoms with Crippen molar-refractivity contribution in [3.05, 3.63) is 40.9 Å². The number of aromatic nitrogens is 4. The number of imidazole rings is 1. The Bertz CT molecular complexity index is 1050. The van der Waals surface area contributed by atoms with E-state index in [9.17, 15) is 13.2 Å². The van der Waals surface area contributed by atoms with Crippen LogP contribution < -0.4 is 16.4 Å². The highest BCUT2D eigenvalue weighted by Gasteiger charge is 2.31. The van der Waals surface area contributed by atoms with Crippen molar-refractivity contribution in [2.45, 2.75) is 31.6 Å². The Labute approximate surface area is 169 Å². The lowest BCUT2D eigenvalue weighted by atomic mass is 10.0. The zero-order valence-corrected chi connectivity index (χ0v) is 16.1. The molecule has 4 rings (SSSR count). The molecule has 1 fully saturated rings. The van der Waals surface area contributed by atoms with Gasteiger partial charge < -0.3 is 20.9 Å². The number of rotatable bonds is 4. The van der Waals surface area contributed by atoms with Gasteiger partial charge in [0, 0.05) is 29.8 Å². The summed E-state index contributed by atoms with van der Waals surface area (Å²) in [4.78, 5) is 14.3. The van der Waals surface area contributed by atoms with Gasteiger partial charge in [-0.05, 0) is 29.7 Å². The van der Waals surface area contributed by atoms with Gasteiger partial charge in [-0.1, -0.05) is 11.6 Å². The molecule has 4 N–H and O–H groups in total. The average Bonchev–Trinajstić information content (AvgIpc) is 3.23. The number of nitrogens with zero attached hydrogens (tertiary/aromatic N) is 5. The first-order valence-electron chi connectivity index (χ1n) is 9.01. The molecule has 29 heavy (non-hydrogen) atoms. The Morgan fingerprint density at radius 1 is 1.21 bits per heavy atom. The summed E-state index contributed by atoms with van der Waals surface area (Å²) in [6, 6.07) is 3.03. The Morgan fingerprint density at radius 3 is 2.69 bits per heavy atom. The predicted octanol–water partition coefficient (Wildman–Crippen LogP) is 2.75. The maximum absolute atomic E-state index is 13.3. The van der Waals surface area contributed by atoms with Crippen LogP contribution in [-0.4, -0.2) is 44.8 Å². The van der Waals surface area contributed by atoms with Crippen LogP contribution in [0.4, 0.5) is 24.7 Å². The van der Waals surface area contributed by atoms with Crippen LogP contribution in [-0.2, 0) is 13.0 Å². The summed E-state index contributed by atoms with van der Waals surface area (Å²) in [5.41, 5.74) is 14.0. The van der Waals surface area contributed by atoms with Crippen LogP contribution in [0.25, 0.3) is 11.2 Å². The summed E-state index contributed by atoms with van der Waals surface area (Å²) < 4.78 is 41.5. The quantitative estimate of drug-likeness (QED) is 0.667. The molecule has 1 aromatic carbocycles. The minimum Gasteiger partial charge on any atom is -0.382 e. The topological polar surface area (TPSA) is 98.9 Å². The number of alkyl halides is 3. The zero-order chi connectivity index (χ0) is 20.8. The molecule has 1 aliphatic heterocycles. The fourth-order valence-electron chi connectivity index (χ4n) is 3.71. The first-order valence-corrected chi connectivity index (χ1v) is 9.39. The van der Waals surface area contributed by atoms with Crippen molar-refractivity contribution in [1.29, 1.82) is 0 Å². The van der Waals surface area contributed by atoms with Crippen molar-refractivity contribution >= 4 is 34.3 Å². The third kappa shape index (κ3) is 4.08. The summed E-state index contributed by atoms with van der Waals surface area (Å²) in [6.07, 6.45) is -1.89. The molecule has 1 saturated heterocycles. The van der Waals surface area contributed by atoms with Gasteiger partial charge in [0.2, 0.25) is 0 Å². The van der Waals surface area contributed by atoms with E-state index in [0.717, 1.165) is 6.42 Å². The molecule has 1 aliphatic rings. The molecule has 0 spiro atoms. The SMILES string of the molecule is Nc1ncnc2c1ncn2Cc1c(CC(F)(F)F)cc(Cl)cc1N1CCC(N)C1. The third-order valence-electron chi connectivity index (χ3n) is 5.00. The summed E-state index contributed by atoms with van der Waals surface area (Å²) in [7, 11) is 0. The van der Waals surface area contributed by atoms with E-state index in [0.29, 0.717) is 35.5 Å². The molecular weight excluding hydrogens is 407 g/mol. The van der Waals surface area contributed by atoms with E-state index in [1.165, 1.54) is 18.7 Å². The maximum Gasteiger partial charge on any atom is 0.393 e. The molecule has 3 heterocycles. The molecule has 0 bridgehead atoms. The summed E-state index contributed by atoms with van der Waals surface area (Å²) in [6.45, 7) is 1.34. The standard InChI is InChI=1S/C18H19ClF3N7/c19-11-3-10(5-18(20,21)22)13(14(4-11)28-2-1-12(23)6-28)7-29-9-27-15-16(24)25-8-26-17(15)29/h3-4,8-9,12H,1-2,5-7,23H2,(H2,24,25,26). The number of hydrogen-bond acceptors (Lipinski definition) is 6. The second kappa shape index (κ2) is 7.34. The third-order valence-corrected chi connectivity index (χ3v) is 5.22. The van der Waals surface area contributed by atoms with Gasteiger partial charge in [0.1, 0.15) is 11.8 Å². The van der Waals surface area contributed by atoms with Gasteiger partial charge in [0.25, 0.3) is 0 Å². The molecular formula is C18H19ClF3N7. The number of anilines is 2. The molecule has 7 nitrogen and oxygen atoms in total. The Hall–Kier alpha value is -2.59. The molecule has 11 heteroatoms. The van der Waals surface area contributed by atoms with Crippen molar-refractivity contribution in [2.75, 3.05) is 23.7 Å². The van der Waals surface area contributed by atoms with E-state index in [-0.39, 0.29) is 29.0 Å². The highest BCUT2D eigenvalue weighted by Crippen LogP contribution is 2.35. The van der Waals surface area contributed by atoms with Gasteiger partial charge >= 0.3 is 6.18 Å². The Morgan fingerprint density at radius 2 is 2.00 bits per heavy atom. The minimum absolute atomic E-state index is 0.0329. The lowest BCUT2D eigenvalue weighted by Crippen LogP contribution is -2.28. The number of nitrogens with two attached hydrogens (primary N) is 2. The summed E-state index contributed by atoms with van der Waals surface area (Å²) in [5, 5.41) is 0.255. The summed E-state index contributed by atoms with van der Waals surface area (Å²) >= 11 is 6.18. The van der Waals surface area contributed by atoms with E-state index >= 15 is 0 Å². The van der Waals surface area contributed by atoms with E-state index in [4.69, 9.17) is 23.1 Å². The van der Waals surface area contributed by atoms with Gasteiger partial charge in [-0.25, -0.2) is 15.0 Å². The number of halogens is 4. The van der Waals surface area contributed by atoms with Crippen molar-refractivity contribution in [3.8, 4) is 0 Å². The second-order valence-corrected chi connectivity index (χ2v) is 7.59. The molecule has 0 saturated carbocycles. The van der Waals surface area contributed by atoms with Gasteiger partial charge in [-0.2, -0.15) is 13.2 Å². The van der Waals surface area contributed by atoms with Gasteiger partial charge in [-0.15, -0.1) is 0 Å². The highest BCUT2D eigenvalue weighted by atomic mass is 35.5. The zero-order valence-electron chi connectivity index (χ0n) is 15.3. The fraction of sp³-hybridized carbons (Fsp3) is 0.389. The van der Waals surface area contributed by atoms with Crippen LogP contribution in [0, 0.1) is 0 Å². The fourth-order valence-corrected chi connectivity index (χ4v) is 3.94. The molecule has 3 aromatic rings. The van der Waals surface area contributed by atoms with E-state index < -0.39 is 12.6 Å². The van der Waals surface area contributed by atoms with Crippen LogP contribution in [0.1, 0.15) is 17.5 Å². The number of benzene rings is 1. The van der Waals surface area contributed by atoms with Crippen molar-refractivity contribution in [2.24, 2.45) is 5.73 Å². The van der Waals surface area contributed by atoms with Crippen molar-refractivity contribution < 1.29 is 13.2 Å². The maximum atomic E-state index is 13.3. The first kappa shape index (κ1) is 19.7. The van der Waals surface area contributed by atoms with E-state index in [2.05, 4.69) is 15.0 Å². The average molecular weight is 426 g/mol. The molecule has 154 valence electrons. The molecule has 1 unspecified atom stereocenters. The van der Waals surface area contributed by atoms with Crippen LogP contribution in [0.3, 0.4) is 0 Å². The minimum atomic E-state index is -4.37. The number of hydrogen-bond donors (Lipinski definition) is 2. The smallest absolute Gasteiger partial charge is 0.382 e. The van der Waals surface area contributed by atoms with E-state index in [1.54, 1.807) is 10.6 Å². The Kier molecular flexibility index (Phi) is 4.99. The molecule has 2 aromatic heterocycles. The normalized spacial score (nSPS) is 17.4. The van der Waals surface area contributed by atoms with Crippen LogP contribution >= 0.6 is 11.6 Å². The van der Waals surface area contributed by atoms with Gasteiger partial charge in [-0.3, -0.25) is 0 Å². The van der Waals surface area contributed by atoms with Gasteiger partial charge in [0.15, 0.2) is 11.5 Å². The number of fused-ring (bicyclic) bond motifs is 1. The largest absolute Gasteiger partial charge is 0.393 e. The number of nitrogen functional groups attached to an aromatic ring is 1. The second-order valence-electron chi connectivity index (χ2n) is 7.15. The van der Waals surface area contributed by atoms with Gasteiger partial charge in [0.05, 0.1) is 19.3 Å². The Balaban J connectivity index is 1.83. The van der Waals surface area contributed by atoms with Crippen LogP contribution in [0.15, 0.2) is 24.8 Å². The lowest BCUT2D eigenvalue weighted by molar-refractivity contribution is -0.127. The van der Waals surface area contributed by atoms with Crippen LogP contribution in [0.2, 0.25) is 5.02 Å². The molecule has 0 amide bonds. The lowest BCUT2D eigenvalue weighted by Gasteiger charge is -2.25.